The predicted molar refractivity (Wildman–Crippen MR) is 99.6 cm³/mol. The Bertz CT molecular complexity index is 994. The standard InChI is InChI=1S/C19H20N6O/c1-13(5-6-15-4-3-11-26-15)22-18-16-12-21-25(2)19(16)24-17(23-18)14-7-9-20-10-8-14/h3-4,7-13H,5-6H2,1-2H3,(H,22,23,24)/t13-/m0/s1. The van der Waals surface area contributed by atoms with Crippen LogP contribution in [0.1, 0.15) is 19.1 Å². The number of fused-ring (bicyclic) bond motifs is 1. The molecule has 7 nitrogen and oxygen atoms in total. The van der Waals surface area contributed by atoms with Crippen molar-refractivity contribution < 1.29 is 4.42 Å². The van der Waals surface area contributed by atoms with E-state index < -0.39 is 0 Å². The first-order chi connectivity index (χ1) is 12.7. The fourth-order valence-corrected chi connectivity index (χ4v) is 2.88. The number of hydrogen-bond donors (Lipinski definition) is 1. The van der Waals surface area contributed by atoms with Gasteiger partial charge in [-0.05, 0) is 37.6 Å². The molecule has 4 rings (SSSR count). The molecule has 0 radical (unpaired) electrons. The number of nitrogens with one attached hydrogen (secondary N) is 1. The van der Waals surface area contributed by atoms with Crippen LogP contribution in [0.15, 0.2) is 53.5 Å². The molecule has 26 heavy (non-hydrogen) atoms. The first-order valence-corrected chi connectivity index (χ1v) is 8.60. The summed E-state index contributed by atoms with van der Waals surface area (Å²) in [5.74, 6) is 2.44. The van der Waals surface area contributed by atoms with Gasteiger partial charge in [-0.3, -0.25) is 9.67 Å². The maximum absolute atomic E-state index is 5.41. The Morgan fingerprint density at radius 3 is 2.81 bits per heavy atom. The topological polar surface area (TPSA) is 81.7 Å². The van der Waals surface area contributed by atoms with E-state index in [-0.39, 0.29) is 6.04 Å². The number of pyridine rings is 1. The SMILES string of the molecule is C[C@@H](CCc1ccco1)Nc1nc(-c2ccncc2)nc2c1cnn2C. The molecule has 0 bridgehead atoms. The van der Waals surface area contributed by atoms with Crippen LogP contribution < -0.4 is 5.32 Å². The van der Waals surface area contributed by atoms with E-state index in [1.54, 1.807) is 29.5 Å². The van der Waals surface area contributed by atoms with Gasteiger partial charge in [-0.2, -0.15) is 5.10 Å². The van der Waals surface area contributed by atoms with Crippen LogP contribution in [0, 0.1) is 0 Å². The van der Waals surface area contributed by atoms with Gasteiger partial charge in [0.1, 0.15) is 11.6 Å². The van der Waals surface area contributed by atoms with Gasteiger partial charge in [0.05, 0.1) is 17.8 Å². The van der Waals surface area contributed by atoms with Gasteiger partial charge in [0, 0.05) is 37.5 Å². The van der Waals surface area contributed by atoms with Gasteiger partial charge in [-0.25, -0.2) is 9.97 Å². The highest BCUT2D eigenvalue weighted by Crippen LogP contribution is 2.25. The van der Waals surface area contributed by atoms with Crippen LogP contribution in [0.4, 0.5) is 5.82 Å². The lowest BCUT2D eigenvalue weighted by Gasteiger charge is -2.15. The summed E-state index contributed by atoms with van der Waals surface area (Å²) < 4.78 is 7.18. The number of hydrogen-bond acceptors (Lipinski definition) is 6. The number of nitrogens with zero attached hydrogens (tertiary/aromatic N) is 5. The van der Waals surface area contributed by atoms with Crippen LogP contribution >= 0.6 is 0 Å². The average molecular weight is 348 g/mol. The zero-order valence-electron chi connectivity index (χ0n) is 14.8. The zero-order valence-corrected chi connectivity index (χ0v) is 14.8. The summed E-state index contributed by atoms with van der Waals surface area (Å²) >= 11 is 0. The van der Waals surface area contributed by atoms with E-state index in [2.05, 4.69) is 27.3 Å². The van der Waals surface area contributed by atoms with Crippen molar-refractivity contribution >= 4 is 16.9 Å². The van der Waals surface area contributed by atoms with Gasteiger partial charge in [0.2, 0.25) is 0 Å². The molecule has 0 aromatic carbocycles. The summed E-state index contributed by atoms with van der Waals surface area (Å²) in [6, 6.07) is 7.95. The number of anilines is 1. The Morgan fingerprint density at radius 2 is 2.04 bits per heavy atom. The summed E-state index contributed by atoms with van der Waals surface area (Å²) in [5, 5.41) is 8.75. The fourth-order valence-electron chi connectivity index (χ4n) is 2.88. The third-order valence-electron chi connectivity index (χ3n) is 4.32. The fraction of sp³-hybridized carbons (Fsp3) is 0.263. The highest BCUT2D eigenvalue weighted by Gasteiger charge is 2.14. The minimum Gasteiger partial charge on any atom is -0.469 e. The van der Waals surface area contributed by atoms with Crippen molar-refractivity contribution in [2.24, 2.45) is 7.05 Å². The Balaban J connectivity index is 1.62. The second kappa shape index (κ2) is 6.95. The lowest BCUT2D eigenvalue weighted by molar-refractivity contribution is 0.495. The normalized spacial score (nSPS) is 12.4. The maximum Gasteiger partial charge on any atom is 0.164 e. The Kier molecular flexibility index (Phi) is 4.35. The molecular formula is C19H20N6O. The second-order valence-corrected chi connectivity index (χ2v) is 6.30. The average Bonchev–Trinajstić information content (AvgIpc) is 3.31. The second-order valence-electron chi connectivity index (χ2n) is 6.30. The number of aryl methyl sites for hydroxylation is 2. The quantitative estimate of drug-likeness (QED) is 0.575. The van der Waals surface area contributed by atoms with Crippen molar-refractivity contribution in [3.63, 3.8) is 0 Å². The Morgan fingerprint density at radius 1 is 1.19 bits per heavy atom. The molecule has 1 atom stereocenters. The van der Waals surface area contributed by atoms with E-state index in [1.165, 1.54) is 0 Å². The lowest BCUT2D eigenvalue weighted by Crippen LogP contribution is -2.17. The first-order valence-electron chi connectivity index (χ1n) is 8.60. The lowest BCUT2D eigenvalue weighted by atomic mass is 10.1. The summed E-state index contributed by atoms with van der Waals surface area (Å²) in [5.41, 5.74) is 1.72. The van der Waals surface area contributed by atoms with Crippen molar-refractivity contribution in [3.05, 3.63) is 54.9 Å². The zero-order chi connectivity index (χ0) is 17.9. The molecule has 132 valence electrons. The number of furan rings is 1. The molecule has 0 aliphatic rings. The van der Waals surface area contributed by atoms with Crippen molar-refractivity contribution in [1.29, 1.82) is 0 Å². The molecule has 7 heteroatoms. The van der Waals surface area contributed by atoms with Crippen LogP contribution in [-0.2, 0) is 13.5 Å². The largest absolute Gasteiger partial charge is 0.469 e. The molecule has 0 unspecified atom stereocenters. The predicted octanol–water partition coefficient (Wildman–Crippen LogP) is 3.45. The van der Waals surface area contributed by atoms with Gasteiger partial charge in [-0.15, -0.1) is 0 Å². The molecule has 0 saturated carbocycles. The molecule has 0 saturated heterocycles. The summed E-state index contributed by atoms with van der Waals surface area (Å²) in [6.45, 7) is 2.14. The highest BCUT2D eigenvalue weighted by atomic mass is 16.3. The van der Waals surface area contributed by atoms with Gasteiger partial charge in [0.15, 0.2) is 11.5 Å². The minimum atomic E-state index is 0.226. The van der Waals surface area contributed by atoms with Crippen molar-refractivity contribution in [2.45, 2.75) is 25.8 Å². The summed E-state index contributed by atoms with van der Waals surface area (Å²) in [7, 11) is 1.88. The molecular weight excluding hydrogens is 328 g/mol. The van der Waals surface area contributed by atoms with Crippen LogP contribution in [0.3, 0.4) is 0 Å². The molecule has 0 fully saturated rings. The molecule has 0 aliphatic carbocycles. The molecule has 0 amide bonds. The molecule has 4 aromatic heterocycles. The van der Waals surface area contributed by atoms with E-state index in [9.17, 15) is 0 Å². The summed E-state index contributed by atoms with van der Waals surface area (Å²) in [6.07, 6.45) is 8.80. The third kappa shape index (κ3) is 3.28. The number of rotatable bonds is 6. The molecule has 0 aliphatic heterocycles. The van der Waals surface area contributed by atoms with Gasteiger partial charge < -0.3 is 9.73 Å². The molecule has 1 N–H and O–H groups in total. The van der Waals surface area contributed by atoms with E-state index >= 15 is 0 Å². The first kappa shape index (κ1) is 16.3. The van der Waals surface area contributed by atoms with Crippen LogP contribution in [0.5, 0.6) is 0 Å². The van der Waals surface area contributed by atoms with Gasteiger partial charge in [0.25, 0.3) is 0 Å². The maximum atomic E-state index is 5.41. The number of aromatic nitrogens is 5. The van der Waals surface area contributed by atoms with Crippen molar-refractivity contribution in [3.8, 4) is 11.4 Å². The monoisotopic (exact) mass is 348 g/mol. The Hall–Kier alpha value is -3.22. The van der Waals surface area contributed by atoms with E-state index in [4.69, 9.17) is 9.40 Å². The van der Waals surface area contributed by atoms with Crippen LogP contribution in [0.25, 0.3) is 22.4 Å². The van der Waals surface area contributed by atoms with Crippen LogP contribution in [-0.4, -0.2) is 30.8 Å². The minimum absolute atomic E-state index is 0.226. The Labute approximate surface area is 151 Å². The van der Waals surface area contributed by atoms with E-state index in [0.29, 0.717) is 5.82 Å². The molecule has 0 spiro atoms. The van der Waals surface area contributed by atoms with Crippen LogP contribution in [0.2, 0.25) is 0 Å². The molecule has 4 aromatic rings. The third-order valence-corrected chi connectivity index (χ3v) is 4.32. The highest BCUT2D eigenvalue weighted by molar-refractivity contribution is 5.88. The van der Waals surface area contributed by atoms with E-state index in [0.717, 1.165) is 41.0 Å². The smallest absolute Gasteiger partial charge is 0.164 e. The van der Waals surface area contributed by atoms with Crippen molar-refractivity contribution in [2.75, 3.05) is 5.32 Å². The van der Waals surface area contributed by atoms with Crippen molar-refractivity contribution in [1.82, 2.24) is 24.7 Å². The van der Waals surface area contributed by atoms with E-state index in [1.807, 2.05) is 31.3 Å². The summed E-state index contributed by atoms with van der Waals surface area (Å²) in [4.78, 5) is 13.5. The molecule has 4 heterocycles. The van der Waals surface area contributed by atoms with Gasteiger partial charge in [-0.1, -0.05) is 0 Å². The van der Waals surface area contributed by atoms with Gasteiger partial charge >= 0.3 is 0 Å².